The van der Waals surface area contributed by atoms with Crippen LogP contribution in [0, 0.1) is 10.1 Å². The maximum atomic E-state index is 12.5. The number of hydrogen-bond acceptors (Lipinski definition) is 6. The lowest BCUT2D eigenvalue weighted by molar-refractivity contribution is -0.385. The molecular formula is C23H28N2O6. The zero-order valence-corrected chi connectivity index (χ0v) is 18.1. The van der Waals surface area contributed by atoms with Gasteiger partial charge in [-0.25, -0.2) is 0 Å². The van der Waals surface area contributed by atoms with Gasteiger partial charge in [-0.15, -0.1) is 0 Å². The van der Waals surface area contributed by atoms with Gasteiger partial charge in [0.05, 0.1) is 18.5 Å². The van der Waals surface area contributed by atoms with Gasteiger partial charge in [0.25, 0.3) is 0 Å². The van der Waals surface area contributed by atoms with Crippen LogP contribution in [0.25, 0.3) is 0 Å². The van der Waals surface area contributed by atoms with Crippen LogP contribution in [0.15, 0.2) is 42.5 Å². The molecule has 0 radical (unpaired) electrons. The zero-order chi connectivity index (χ0) is 22.8. The number of ketones is 1. The van der Waals surface area contributed by atoms with Crippen molar-refractivity contribution in [1.82, 2.24) is 4.90 Å². The van der Waals surface area contributed by atoms with Crippen LogP contribution < -0.4 is 9.47 Å². The van der Waals surface area contributed by atoms with E-state index in [1.54, 1.807) is 35.2 Å². The Hall–Kier alpha value is -3.42. The lowest BCUT2D eigenvalue weighted by atomic mass is 10.1. The zero-order valence-electron chi connectivity index (χ0n) is 18.1. The predicted molar refractivity (Wildman–Crippen MR) is 117 cm³/mol. The van der Waals surface area contributed by atoms with E-state index in [0.717, 1.165) is 12.8 Å². The number of Topliss-reactive ketones (excluding diaryl/α,β-unsaturated/α-hetero) is 1. The van der Waals surface area contributed by atoms with Crippen LogP contribution in [0.5, 0.6) is 11.5 Å². The second kappa shape index (κ2) is 11.7. The van der Waals surface area contributed by atoms with E-state index in [-0.39, 0.29) is 36.2 Å². The summed E-state index contributed by atoms with van der Waals surface area (Å²) in [4.78, 5) is 37.6. The number of rotatable bonds is 12. The highest BCUT2D eigenvalue weighted by molar-refractivity contribution is 5.97. The van der Waals surface area contributed by atoms with Gasteiger partial charge in [0.1, 0.15) is 5.75 Å². The van der Waals surface area contributed by atoms with Crippen LogP contribution in [-0.4, -0.2) is 48.3 Å². The van der Waals surface area contributed by atoms with Gasteiger partial charge in [-0.2, -0.15) is 0 Å². The van der Waals surface area contributed by atoms with Crippen molar-refractivity contribution in [3.05, 3.63) is 63.7 Å². The van der Waals surface area contributed by atoms with Gasteiger partial charge in [0, 0.05) is 24.7 Å². The van der Waals surface area contributed by atoms with Crippen LogP contribution in [0.3, 0.4) is 0 Å². The molecule has 0 saturated heterocycles. The number of carbonyl (C=O) groups excluding carboxylic acids is 2. The van der Waals surface area contributed by atoms with E-state index < -0.39 is 4.92 Å². The number of ether oxygens (including phenoxy) is 2. The number of benzene rings is 2. The highest BCUT2D eigenvalue weighted by atomic mass is 16.6. The van der Waals surface area contributed by atoms with E-state index >= 15 is 0 Å². The first-order chi connectivity index (χ1) is 14.9. The highest BCUT2D eigenvalue weighted by Gasteiger charge is 2.20. The number of nitrogens with zero attached hydrogens (tertiary/aromatic N) is 2. The summed E-state index contributed by atoms with van der Waals surface area (Å²) in [5.74, 6) is 0.226. The van der Waals surface area contributed by atoms with Crippen LogP contribution in [-0.2, 0) is 11.2 Å². The van der Waals surface area contributed by atoms with E-state index in [9.17, 15) is 19.7 Å². The average Bonchev–Trinajstić information content (AvgIpc) is 2.77. The Balaban J connectivity index is 2.09. The Morgan fingerprint density at radius 1 is 1.03 bits per heavy atom. The van der Waals surface area contributed by atoms with Crippen molar-refractivity contribution in [2.24, 2.45) is 0 Å². The van der Waals surface area contributed by atoms with Crippen molar-refractivity contribution in [3.63, 3.8) is 0 Å². The number of amides is 1. The fraction of sp³-hybridized carbons (Fsp3) is 0.391. The quantitative estimate of drug-likeness (QED) is 0.287. The molecule has 0 saturated carbocycles. The third kappa shape index (κ3) is 6.80. The summed E-state index contributed by atoms with van der Waals surface area (Å²) in [6.07, 6.45) is 1.77. The van der Waals surface area contributed by atoms with Crippen molar-refractivity contribution in [2.75, 3.05) is 26.8 Å². The minimum absolute atomic E-state index is 0.0120. The summed E-state index contributed by atoms with van der Waals surface area (Å²) >= 11 is 0. The lowest BCUT2D eigenvalue weighted by Crippen LogP contribution is -2.33. The Kier molecular flexibility index (Phi) is 8.99. The molecule has 2 rings (SSSR count). The first-order valence-corrected chi connectivity index (χ1v) is 10.2. The Morgan fingerprint density at radius 2 is 1.68 bits per heavy atom. The first kappa shape index (κ1) is 23.9. The molecule has 0 N–H and O–H groups in total. The molecule has 2 aromatic carbocycles. The second-order valence-corrected chi connectivity index (χ2v) is 7.06. The van der Waals surface area contributed by atoms with Crippen molar-refractivity contribution in [1.29, 1.82) is 0 Å². The van der Waals surface area contributed by atoms with Crippen LogP contribution in [0.2, 0.25) is 0 Å². The van der Waals surface area contributed by atoms with E-state index in [1.807, 2.05) is 13.8 Å². The van der Waals surface area contributed by atoms with Gasteiger partial charge in [0.2, 0.25) is 5.91 Å². The number of nitro groups is 1. The number of carbonyl (C=O) groups is 2. The topological polar surface area (TPSA) is 99.0 Å². The Bertz CT molecular complexity index is 905. The van der Waals surface area contributed by atoms with Crippen molar-refractivity contribution in [3.8, 4) is 11.5 Å². The van der Waals surface area contributed by atoms with Gasteiger partial charge in [-0.05, 0) is 48.7 Å². The van der Waals surface area contributed by atoms with Crippen LogP contribution in [0.1, 0.15) is 42.6 Å². The molecule has 0 aliphatic carbocycles. The third-order valence-electron chi connectivity index (χ3n) is 4.69. The Morgan fingerprint density at radius 3 is 2.23 bits per heavy atom. The molecule has 0 spiro atoms. The lowest BCUT2D eigenvalue weighted by Gasteiger charge is -2.21. The standard InChI is InChI=1S/C23H28N2O6/c1-4-12-24(13-5-2)23(27)15-17-6-11-22(20(14-17)25(28)29)31-16-21(26)18-7-9-19(30-3)10-8-18/h6-11,14H,4-5,12-13,15-16H2,1-3H3. The van der Waals surface area contributed by atoms with Crippen molar-refractivity contribution in [2.45, 2.75) is 33.1 Å². The number of methoxy groups -OCH3 is 1. The summed E-state index contributed by atoms with van der Waals surface area (Å²) in [7, 11) is 1.53. The smallest absolute Gasteiger partial charge is 0.311 e. The fourth-order valence-corrected chi connectivity index (χ4v) is 3.13. The largest absolute Gasteiger partial charge is 0.497 e. The maximum absolute atomic E-state index is 12.5. The average molecular weight is 428 g/mol. The first-order valence-electron chi connectivity index (χ1n) is 10.2. The molecule has 31 heavy (non-hydrogen) atoms. The molecule has 2 aromatic rings. The molecule has 0 unspecified atom stereocenters. The molecule has 166 valence electrons. The van der Waals surface area contributed by atoms with Gasteiger partial charge >= 0.3 is 5.69 Å². The van der Waals surface area contributed by atoms with Gasteiger partial charge in [-0.3, -0.25) is 19.7 Å². The Labute approximate surface area is 181 Å². The monoisotopic (exact) mass is 428 g/mol. The molecule has 0 atom stereocenters. The molecular weight excluding hydrogens is 400 g/mol. The van der Waals surface area contributed by atoms with E-state index in [0.29, 0.717) is 30.0 Å². The summed E-state index contributed by atoms with van der Waals surface area (Å²) < 4.78 is 10.5. The molecule has 8 nitrogen and oxygen atoms in total. The SMILES string of the molecule is CCCN(CCC)C(=O)Cc1ccc(OCC(=O)c2ccc(OC)cc2)c([N+](=O)[O-])c1. The molecule has 1 amide bonds. The summed E-state index contributed by atoms with van der Waals surface area (Å²) in [5.41, 5.74) is 0.672. The molecule has 0 heterocycles. The van der Waals surface area contributed by atoms with Crippen molar-refractivity contribution < 1.29 is 24.0 Å². The minimum Gasteiger partial charge on any atom is -0.497 e. The summed E-state index contributed by atoms with van der Waals surface area (Å²) in [5, 5.41) is 11.5. The molecule has 0 aliphatic rings. The predicted octanol–water partition coefficient (Wildman–Crippen LogP) is 4.06. The molecule has 8 heteroatoms. The van der Waals surface area contributed by atoms with E-state index in [4.69, 9.17) is 9.47 Å². The number of nitro benzene ring substituents is 1. The molecule has 0 aliphatic heterocycles. The summed E-state index contributed by atoms with van der Waals surface area (Å²) in [6.45, 7) is 4.97. The summed E-state index contributed by atoms with van der Waals surface area (Å²) in [6, 6.07) is 10.9. The fourth-order valence-electron chi connectivity index (χ4n) is 3.13. The highest BCUT2D eigenvalue weighted by Crippen LogP contribution is 2.28. The maximum Gasteiger partial charge on any atom is 0.311 e. The van der Waals surface area contributed by atoms with Gasteiger partial charge in [-0.1, -0.05) is 19.9 Å². The molecule has 0 bridgehead atoms. The molecule has 0 aromatic heterocycles. The van der Waals surface area contributed by atoms with Crippen molar-refractivity contribution >= 4 is 17.4 Å². The van der Waals surface area contributed by atoms with E-state index in [2.05, 4.69) is 0 Å². The van der Waals surface area contributed by atoms with E-state index in [1.165, 1.54) is 19.2 Å². The second-order valence-electron chi connectivity index (χ2n) is 7.06. The minimum atomic E-state index is -0.572. The van der Waals surface area contributed by atoms with Crippen LogP contribution in [0.4, 0.5) is 5.69 Å². The normalized spacial score (nSPS) is 10.4. The van der Waals surface area contributed by atoms with Gasteiger partial charge in [0.15, 0.2) is 18.1 Å². The van der Waals surface area contributed by atoms with Gasteiger partial charge < -0.3 is 14.4 Å². The molecule has 0 fully saturated rings. The van der Waals surface area contributed by atoms with Crippen LogP contribution >= 0.6 is 0 Å². The number of hydrogen-bond donors (Lipinski definition) is 0. The third-order valence-corrected chi connectivity index (χ3v) is 4.69.